The van der Waals surface area contributed by atoms with Crippen LogP contribution in [0.1, 0.15) is 107 Å². The molecule has 14 heteroatoms. The molecule has 0 aromatic carbocycles. The van der Waals surface area contributed by atoms with Crippen molar-refractivity contribution in [2.45, 2.75) is 197 Å². The molecule has 55 heavy (non-hydrogen) atoms. The smallest absolute Gasteiger partial charge is 0.319 e. The van der Waals surface area contributed by atoms with Gasteiger partial charge in [-0.05, 0) is 107 Å². The zero-order valence-electron chi connectivity index (χ0n) is 33.5. The molecule has 4 saturated heterocycles. The van der Waals surface area contributed by atoms with Gasteiger partial charge < -0.3 is 64.2 Å². The number of hydrogen-bond donors (Lipinski definition) is 7. The summed E-state index contributed by atoms with van der Waals surface area (Å²) in [5.41, 5.74) is -5.41. The lowest BCUT2D eigenvalue weighted by Crippen LogP contribution is -2.69. The predicted molar refractivity (Wildman–Crippen MR) is 193 cm³/mol. The van der Waals surface area contributed by atoms with Gasteiger partial charge in [-0.1, -0.05) is 39.3 Å². The van der Waals surface area contributed by atoms with Crippen LogP contribution in [0.25, 0.3) is 0 Å². The van der Waals surface area contributed by atoms with Gasteiger partial charge in [-0.25, -0.2) is 0 Å². The summed E-state index contributed by atoms with van der Waals surface area (Å²) in [6.45, 7) is 15.8. The van der Waals surface area contributed by atoms with E-state index in [1.807, 2.05) is 19.9 Å². The highest BCUT2D eigenvalue weighted by Gasteiger charge is 2.87. The first-order valence-corrected chi connectivity index (χ1v) is 20.5. The van der Waals surface area contributed by atoms with Crippen LogP contribution in [0.4, 0.5) is 0 Å². The van der Waals surface area contributed by atoms with Gasteiger partial charge in [0.2, 0.25) is 0 Å². The summed E-state index contributed by atoms with van der Waals surface area (Å²) in [5.74, 6) is -0.550. The Balaban J connectivity index is 1.06. The van der Waals surface area contributed by atoms with Gasteiger partial charge in [-0.2, -0.15) is 0 Å². The molecule has 7 fully saturated rings. The molecule has 4 aliphatic heterocycles. The number of rotatable bonds is 5. The summed E-state index contributed by atoms with van der Waals surface area (Å²) in [5, 5.41) is 78.2. The maximum atomic E-state index is 14.5. The van der Waals surface area contributed by atoms with E-state index in [1.54, 1.807) is 6.92 Å². The van der Waals surface area contributed by atoms with Crippen molar-refractivity contribution in [2.24, 2.45) is 33.5 Å². The van der Waals surface area contributed by atoms with Crippen LogP contribution in [0.5, 0.6) is 0 Å². The molecule has 7 N–H and O–H groups in total. The molecule has 4 heterocycles. The van der Waals surface area contributed by atoms with Crippen molar-refractivity contribution < 1.29 is 69.0 Å². The average Bonchev–Trinajstić information content (AvgIpc) is 3.68. The van der Waals surface area contributed by atoms with E-state index in [2.05, 4.69) is 27.7 Å². The van der Waals surface area contributed by atoms with Crippen molar-refractivity contribution in [3.8, 4) is 0 Å². The fraction of sp³-hybridized carbons (Fsp3) is 0.927. The first kappa shape index (κ1) is 40.5. The quantitative estimate of drug-likeness (QED) is 0.120. The number of allylic oxidation sites excluding steroid dienone is 1. The van der Waals surface area contributed by atoms with Crippen molar-refractivity contribution >= 4 is 5.97 Å². The monoisotopic (exact) mass is 780 g/mol. The van der Waals surface area contributed by atoms with Crippen molar-refractivity contribution in [3.05, 3.63) is 11.6 Å². The lowest BCUT2D eigenvalue weighted by Gasteiger charge is -2.64. The third kappa shape index (κ3) is 5.25. The van der Waals surface area contributed by atoms with Crippen molar-refractivity contribution in [2.75, 3.05) is 6.61 Å². The molecule has 4 aliphatic carbocycles. The van der Waals surface area contributed by atoms with Crippen LogP contribution >= 0.6 is 0 Å². The molecule has 14 nitrogen and oxygen atoms in total. The van der Waals surface area contributed by atoms with Gasteiger partial charge in [0, 0.05) is 0 Å². The molecule has 1 spiro atoms. The van der Waals surface area contributed by atoms with E-state index in [9.17, 15) is 40.5 Å². The van der Waals surface area contributed by atoms with Gasteiger partial charge in [0.15, 0.2) is 18.2 Å². The van der Waals surface area contributed by atoms with Crippen LogP contribution in [0.2, 0.25) is 0 Å². The molecule has 312 valence electrons. The second kappa shape index (κ2) is 12.9. The first-order valence-electron chi connectivity index (χ1n) is 20.5. The number of ether oxygens (including phenoxy) is 6. The van der Waals surface area contributed by atoms with E-state index in [0.29, 0.717) is 32.1 Å². The van der Waals surface area contributed by atoms with Crippen LogP contribution in [0.3, 0.4) is 0 Å². The van der Waals surface area contributed by atoms with Gasteiger partial charge in [-0.3, -0.25) is 4.79 Å². The molecule has 0 aromatic rings. The lowest BCUT2D eigenvalue weighted by molar-refractivity contribution is -0.363. The van der Waals surface area contributed by atoms with Crippen LogP contribution in [0.15, 0.2) is 11.6 Å². The van der Waals surface area contributed by atoms with Crippen molar-refractivity contribution in [1.82, 2.24) is 0 Å². The summed E-state index contributed by atoms with van der Waals surface area (Å²) in [6, 6.07) is 0. The van der Waals surface area contributed by atoms with E-state index in [1.165, 1.54) is 6.92 Å². The number of aliphatic hydroxyl groups excluding tert-OH is 6. The number of hydrogen-bond acceptors (Lipinski definition) is 14. The van der Waals surface area contributed by atoms with E-state index in [0.717, 1.165) is 24.8 Å². The van der Waals surface area contributed by atoms with E-state index >= 15 is 0 Å². The first-order chi connectivity index (χ1) is 25.5. The highest BCUT2D eigenvalue weighted by Crippen LogP contribution is 2.77. The SMILES string of the molecule is C[C@H]1O[C@@H](O[C@H]2[C@H](O[C@H]3CC[C@]4(C)C5=C[C@H](O)[C@]67C(=O)O[C@@](C)([C@@H]8CCC(C)(C)O8)[C@@]6(O)CC[C@@]7(C)[C@@H]5CC[C@H]4C3(C)C)OC[C@@H](O)[C@@H]2O)[C@H](O)[C@@H](O)[C@@H]1O. The molecule has 0 bridgehead atoms. The zero-order chi connectivity index (χ0) is 40.1. The standard InChI is InChI=1S/C41H64O14/c1-19-27(44)29(46)30(47)32(51-19)53-31-28(45)22(42)18-50-33(31)52-25-12-14-37(6)21-17-24(43)41-34(48)55-39(8,26-11-13-35(2,3)54-26)40(41,49)16-15-38(41,7)20(21)9-10-23(37)36(25,4)5/h17,19-20,22-33,42-47,49H,9-16,18H2,1-8H3/t19-,20-,22-,23+,24+,25+,26+,27-,28+,29+,30-,31-,32+,33+,37-,38+,39+,40+,41-/m1/s1. The molecule has 19 atom stereocenters. The molecular weight excluding hydrogens is 716 g/mol. The number of esters is 1. The second-order valence-electron chi connectivity index (χ2n) is 20.2. The Morgan fingerprint density at radius 2 is 1.49 bits per heavy atom. The van der Waals surface area contributed by atoms with Crippen LogP contribution in [-0.2, 0) is 33.2 Å². The van der Waals surface area contributed by atoms with Crippen molar-refractivity contribution in [1.29, 1.82) is 0 Å². The Labute approximate surface area is 323 Å². The van der Waals surface area contributed by atoms with Gasteiger partial charge in [0.25, 0.3) is 0 Å². The van der Waals surface area contributed by atoms with Crippen LogP contribution in [0, 0.1) is 33.5 Å². The second-order valence-corrected chi connectivity index (χ2v) is 20.2. The fourth-order valence-electron chi connectivity index (χ4n) is 13.5. The summed E-state index contributed by atoms with van der Waals surface area (Å²) in [6.07, 6.45) is -7.20. The number of carbonyl (C=O) groups is 1. The topological polar surface area (TPSA) is 214 Å². The lowest BCUT2D eigenvalue weighted by atomic mass is 9.40. The predicted octanol–water partition coefficient (Wildman–Crippen LogP) is 1.61. The largest absolute Gasteiger partial charge is 0.453 e. The third-order valence-corrected chi connectivity index (χ3v) is 16.7. The van der Waals surface area contributed by atoms with Crippen LogP contribution in [-0.4, -0.2) is 139 Å². The molecule has 0 radical (unpaired) electrons. The summed E-state index contributed by atoms with van der Waals surface area (Å²) < 4.78 is 37.0. The molecule has 8 aliphatic rings. The normalized spacial score (nSPS) is 56.9. The highest BCUT2D eigenvalue weighted by atomic mass is 16.8. The van der Waals surface area contributed by atoms with Gasteiger partial charge in [0.1, 0.15) is 53.7 Å². The van der Waals surface area contributed by atoms with Gasteiger partial charge in [0.05, 0.1) is 30.5 Å². The molecule has 3 saturated carbocycles. The van der Waals surface area contributed by atoms with E-state index in [-0.39, 0.29) is 23.9 Å². The molecule has 8 rings (SSSR count). The maximum Gasteiger partial charge on any atom is 0.319 e. The van der Waals surface area contributed by atoms with Crippen molar-refractivity contribution in [3.63, 3.8) is 0 Å². The third-order valence-electron chi connectivity index (χ3n) is 16.7. The summed E-state index contributed by atoms with van der Waals surface area (Å²) in [7, 11) is 0. The Kier molecular flexibility index (Phi) is 9.47. The molecule has 0 amide bonds. The minimum atomic E-state index is -1.63. The summed E-state index contributed by atoms with van der Waals surface area (Å²) in [4.78, 5) is 14.5. The Hall–Kier alpha value is -1.27. The average molecular weight is 781 g/mol. The number of carbonyl (C=O) groups excluding carboxylic acids is 1. The Morgan fingerprint density at radius 3 is 2.16 bits per heavy atom. The van der Waals surface area contributed by atoms with Gasteiger partial charge >= 0.3 is 5.97 Å². The minimum absolute atomic E-state index is 0.0701. The van der Waals surface area contributed by atoms with E-state index < -0.39 is 113 Å². The number of cyclic esters (lactones) is 1. The fourth-order valence-corrected chi connectivity index (χ4v) is 13.5. The van der Waals surface area contributed by atoms with E-state index in [4.69, 9.17) is 28.4 Å². The molecule has 0 unspecified atom stereocenters. The van der Waals surface area contributed by atoms with Crippen LogP contribution < -0.4 is 0 Å². The maximum absolute atomic E-state index is 14.5. The number of fused-ring (bicyclic) bond motifs is 4. The Bertz CT molecular complexity index is 1570. The Morgan fingerprint density at radius 1 is 0.782 bits per heavy atom. The minimum Gasteiger partial charge on any atom is -0.453 e. The molecular formula is C41H64O14. The highest BCUT2D eigenvalue weighted by molar-refractivity contribution is 5.86. The summed E-state index contributed by atoms with van der Waals surface area (Å²) >= 11 is 0. The van der Waals surface area contributed by atoms with Gasteiger partial charge in [-0.15, -0.1) is 0 Å². The number of aliphatic hydroxyl groups is 7. The zero-order valence-corrected chi connectivity index (χ0v) is 33.5. The molecule has 0 aromatic heterocycles.